The van der Waals surface area contributed by atoms with Crippen molar-refractivity contribution < 1.29 is 46.6 Å². The molecule has 0 heterocycles. The van der Waals surface area contributed by atoms with Gasteiger partial charge in [0, 0.05) is 0 Å². The van der Waals surface area contributed by atoms with Crippen LogP contribution < -0.4 is 19.6 Å². The fourth-order valence-corrected chi connectivity index (χ4v) is 13.9. The summed E-state index contributed by atoms with van der Waals surface area (Å²) in [5.41, 5.74) is 0. The molecule has 0 aromatic carbocycles. The van der Waals surface area contributed by atoms with E-state index in [4.69, 9.17) is 0 Å². The number of hydrogen-bond donors (Lipinski definition) is 0. The molecule has 0 aliphatic heterocycles. The number of quaternary nitrogens is 4. The number of nitrogens with zero attached hydrogens (tertiary/aromatic N) is 4. The molecular formula is C64H144N4O6P2S. The Balaban J connectivity index is -0.000000284. The lowest BCUT2D eigenvalue weighted by Crippen LogP contribution is -2.50. The van der Waals surface area contributed by atoms with Crippen LogP contribution in [-0.2, 0) is 9.13 Å². The van der Waals surface area contributed by atoms with Gasteiger partial charge in [-0.3, -0.25) is 0 Å². The van der Waals surface area contributed by atoms with Crippen molar-refractivity contribution >= 4 is 24.6 Å². The van der Waals surface area contributed by atoms with Gasteiger partial charge in [-0.1, -0.05) is 225 Å². The first kappa shape index (κ1) is 86.3. The third-order valence-corrected chi connectivity index (χ3v) is 21.2. The van der Waals surface area contributed by atoms with E-state index in [-0.39, 0.29) is 0 Å². The van der Waals surface area contributed by atoms with Gasteiger partial charge in [0.1, 0.15) is 0 Å². The van der Waals surface area contributed by atoms with Crippen LogP contribution in [0.15, 0.2) is 0 Å². The van der Waals surface area contributed by atoms with E-state index in [0.29, 0.717) is 0 Å². The summed E-state index contributed by atoms with van der Waals surface area (Å²) < 4.78 is 24.7. The van der Waals surface area contributed by atoms with Crippen LogP contribution in [0.1, 0.15) is 316 Å². The first-order valence-electron chi connectivity index (χ1n) is 33.8. The Hall–Kier alpha value is 0.490. The predicted molar refractivity (Wildman–Crippen MR) is 340 cm³/mol. The van der Waals surface area contributed by atoms with Crippen molar-refractivity contribution in [2.75, 3.05) is 105 Å². The second-order valence-corrected chi connectivity index (χ2v) is 30.2. The molecule has 0 fully saturated rings. The average Bonchev–Trinajstić information content (AvgIpc) is 3.41. The Bertz CT molecular complexity index is 943. The Morgan fingerprint density at radius 1 is 0.208 bits per heavy atom. The van der Waals surface area contributed by atoms with E-state index in [1.165, 1.54) is 328 Å². The molecule has 10 nitrogen and oxygen atoms in total. The zero-order valence-corrected chi connectivity index (χ0v) is 58.1. The van der Waals surface area contributed by atoms with Crippen LogP contribution in [-0.4, -0.2) is 123 Å². The Kier molecular flexibility index (Phi) is 66.8. The van der Waals surface area contributed by atoms with E-state index in [1.54, 1.807) is 0 Å². The minimum atomic E-state index is -5.26. The van der Waals surface area contributed by atoms with Gasteiger partial charge in [0.25, 0.3) is 0 Å². The summed E-state index contributed by atoms with van der Waals surface area (Å²) in [6, 6.07) is 0. The van der Waals surface area contributed by atoms with Gasteiger partial charge in [0.2, 0.25) is 0 Å². The van der Waals surface area contributed by atoms with Crippen LogP contribution in [0.2, 0.25) is 0 Å². The molecule has 0 rings (SSSR count). The summed E-state index contributed by atoms with van der Waals surface area (Å²) in [6.45, 7) is 49.6. The molecule has 472 valence electrons. The van der Waals surface area contributed by atoms with E-state index in [0.717, 1.165) is 0 Å². The van der Waals surface area contributed by atoms with Crippen molar-refractivity contribution in [1.29, 1.82) is 0 Å². The summed E-state index contributed by atoms with van der Waals surface area (Å²) >= 11 is -1.10. The number of unbranched alkanes of at least 4 members (excludes halogenated alkanes) is 16. The molecule has 77 heavy (non-hydrogen) atoms. The maximum Gasteiger partial charge on any atom is 0.0786 e. The molecule has 0 aromatic heterocycles. The highest BCUT2D eigenvalue weighted by Crippen LogP contribution is 2.60. The first-order valence-corrected chi connectivity index (χ1v) is 38.9. The minimum Gasteiger partial charge on any atom is -0.803 e. The van der Waals surface area contributed by atoms with Crippen molar-refractivity contribution in [3.8, 4) is 0 Å². The molecule has 0 aliphatic carbocycles. The monoisotopic (exact) mass is 1160 g/mol. The molecule has 0 aromatic rings. The standard InChI is InChI=1S/4C16H36N.H4O6P2S/c4*1-5-9-13-17(14-10-6-2,15-11-7-3)16-12-8-4;1-7(2,3)9-8(4,5)6/h4*5-16H2,1-4H3;(H2,1,2,3)(H2,4,5,6)/q4*+1;/p-4. The van der Waals surface area contributed by atoms with E-state index in [2.05, 4.69) is 111 Å². The summed E-state index contributed by atoms with van der Waals surface area (Å²) in [5.74, 6) is 0. The summed E-state index contributed by atoms with van der Waals surface area (Å²) in [5, 5.41) is 0. The van der Waals surface area contributed by atoms with Gasteiger partial charge >= 0.3 is 0 Å². The lowest BCUT2D eigenvalue weighted by atomic mass is 10.1. The molecular weight excluding hydrogens is 1010 g/mol. The molecule has 13 heteroatoms. The lowest BCUT2D eigenvalue weighted by molar-refractivity contribution is -0.929. The Labute approximate surface area is 489 Å². The van der Waals surface area contributed by atoms with Crippen molar-refractivity contribution in [1.82, 2.24) is 0 Å². The van der Waals surface area contributed by atoms with Crippen LogP contribution >= 0.6 is 24.6 Å². The molecule has 0 spiro atoms. The smallest absolute Gasteiger partial charge is 0.0786 e. The van der Waals surface area contributed by atoms with Gasteiger partial charge in [-0.25, -0.2) is 0 Å². The normalized spacial score (nSPS) is 12.2. The van der Waals surface area contributed by atoms with Gasteiger partial charge in [-0.15, -0.1) is 0 Å². The maximum atomic E-state index is 9.51. The van der Waals surface area contributed by atoms with Crippen LogP contribution in [0.25, 0.3) is 0 Å². The van der Waals surface area contributed by atoms with Crippen LogP contribution in [0.3, 0.4) is 0 Å². The zero-order chi connectivity index (χ0) is 59.6. The van der Waals surface area contributed by atoms with Gasteiger partial charge in [0.15, 0.2) is 0 Å². The molecule has 0 N–H and O–H groups in total. The predicted octanol–water partition coefficient (Wildman–Crippen LogP) is 17.4. The van der Waals surface area contributed by atoms with Crippen molar-refractivity contribution in [2.45, 2.75) is 316 Å². The number of hydrogen-bond acceptors (Lipinski definition) is 7. The Morgan fingerprint density at radius 2 is 0.286 bits per heavy atom. The highest BCUT2D eigenvalue weighted by Gasteiger charge is 2.28. The molecule has 0 aliphatic rings. The Morgan fingerprint density at radius 3 is 0.325 bits per heavy atom. The second-order valence-electron chi connectivity index (χ2n) is 23.6. The quantitative estimate of drug-likeness (QED) is 0.0438. The number of rotatable bonds is 50. The lowest BCUT2D eigenvalue weighted by Gasteiger charge is -2.39. The van der Waals surface area contributed by atoms with E-state index in [9.17, 15) is 28.7 Å². The summed E-state index contributed by atoms with van der Waals surface area (Å²) in [6.07, 6.45) is 44.2. The van der Waals surface area contributed by atoms with E-state index in [1.807, 2.05) is 0 Å². The molecule has 0 amide bonds. The van der Waals surface area contributed by atoms with E-state index < -0.39 is 24.6 Å². The highest BCUT2D eigenvalue weighted by molar-refractivity contribution is 8.83. The molecule has 0 atom stereocenters. The zero-order valence-electron chi connectivity index (χ0n) is 55.5. The van der Waals surface area contributed by atoms with Gasteiger partial charge in [-0.2, -0.15) is 0 Å². The largest absolute Gasteiger partial charge is 0.803 e. The topological polar surface area (TPSA) is 126 Å². The second kappa shape index (κ2) is 59.6. The third-order valence-electron chi connectivity index (χ3n) is 16.0. The van der Waals surface area contributed by atoms with Crippen LogP contribution in [0, 0.1) is 0 Å². The molecule has 0 radical (unpaired) electrons. The van der Waals surface area contributed by atoms with Crippen molar-refractivity contribution in [3.05, 3.63) is 0 Å². The summed E-state index contributed by atoms with van der Waals surface area (Å²) in [4.78, 5) is 38.0. The molecule has 0 saturated heterocycles. The van der Waals surface area contributed by atoms with Crippen LogP contribution in [0.5, 0.6) is 0 Å². The molecule has 0 bridgehead atoms. The van der Waals surface area contributed by atoms with Crippen molar-refractivity contribution in [3.63, 3.8) is 0 Å². The van der Waals surface area contributed by atoms with E-state index >= 15 is 0 Å². The van der Waals surface area contributed by atoms with Crippen LogP contribution in [0.4, 0.5) is 0 Å². The van der Waals surface area contributed by atoms with Gasteiger partial charge in [-0.05, 0) is 116 Å². The summed E-state index contributed by atoms with van der Waals surface area (Å²) in [7, 11) is 0. The fourth-order valence-electron chi connectivity index (χ4n) is 10.7. The fraction of sp³-hybridized carbons (Fsp3) is 1.00. The van der Waals surface area contributed by atoms with Gasteiger partial charge in [0.05, 0.1) is 105 Å². The minimum absolute atomic E-state index is 1.10. The third kappa shape index (κ3) is 56.7. The van der Waals surface area contributed by atoms with Crippen molar-refractivity contribution in [2.24, 2.45) is 0 Å². The highest BCUT2D eigenvalue weighted by atomic mass is 33.1. The SMILES string of the molecule is CCCC[N+](CCCC)(CCCC)CCCC.CCCC[N+](CCCC)(CCCC)CCCC.CCCC[N+](CCCC)(CCCC)CCCC.CCCC[N+](CCCC)(CCCC)CCCC.O=P([O-])([O-])SP(=O)([O-])[O-]. The molecule has 0 unspecified atom stereocenters. The van der Waals surface area contributed by atoms with Gasteiger partial charge < -0.3 is 46.6 Å². The molecule has 0 saturated carbocycles. The average molecular weight is 1160 g/mol. The maximum absolute atomic E-state index is 9.51. The first-order chi connectivity index (χ1) is 36.7.